The molecule has 0 bridgehead atoms. The van der Waals surface area contributed by atoms with Crippen molar-refractivity contribution in [2.45, 2.75) is 25.6 Å². The summed E-state index contributed by atoms with van der Waals surface area (Å²) in [5.74, 6) is 1.25. The molecule has 1 unspecified atom stereocenters. The summed E-state index contributed by atoms with van der Waals surface area (Å²) in [5, 5.41) is 9.61. The highest BCUT2D eigenvalue weighted by atomic mass is 16.5. The average molecular weight is 265 g/mol. The molecule has 1 saturated heterocycles. The summed E-state index contributed by atoms with van der Waals surface area (Å²) in [6, 6.07) is 7.08. The maximum Gasteiger partial charge on any atom is 0.263 e. The number of likely N-dealkylation sites (tertiary alicyclic amines) is 1. The van der Waals surface area contributed by atoms with E-state index in [0.29, 0.717) is 18.8 Å². The Morgan fingerprint density at radius 2 is 1.84 bits per heavy atom. The van der Waals surface area contributed by atoms with Gasteiger partial charge in [0.2, 0.25) is 0 Å². The number of ether oxygens (including phenoxy) is 2. The predicted molar refractivity (Wildman–Crippen MR) is 70.3 cm³/mol. The number of β-amino-alcohol motifs (C(OH)–C–C–N with tert-alkyl or cyclic N) is 1. The van der Waals surface area contributed by atoms with Crippen molar-refractivity contribution in [3.63, 3.8) is 0 Å². The summed E-state index contributed by atoms with van der Waals surface area (Å²) in [6.07, 6.45) is -0.565. The number of methoxy groups -OCH3 is 1. The number of aliphatic hydroxyl groups is 1. The van der Waals surface area contributed by atoms with Gasteiger partial charge in [0.15, 0.2) is 6.10 Å². The highest BCUT2D eigenvalue weighted by Crippen LogP contribution is 2.23. The Bertz CT molecular complexity index is 447. The molecule has 104 valence electrons. The second kappa shape index (κ2) is 5.09. The molecule has 1 aliphatic rings. The lowest BCUT2D eigenvalue weighted by Crippen LogP contribution is -2.63. The van der Waals surface area contributed by atoms with Crippen molar-refractivity contribution in [3.05, 3.63) is 24.3 Å². The summed E-state index contributed by atoms with van der Waals surface area (Å²) in [5.41, 5.74) is -0.754. The van der Waals surface area contributed by atoms with E-state index >= 15 is 0 Å². The molecule has 1 fully saturated rings. The number of carbonyl (C=O) groups is 1. The van der Waals surface area contributed by atoms with Crippen LogP contribution in [-0.2, 0) is 4.79 Å². The minimum atomic E-state index is -0.754. The molecule has 1 aromatic carbocycles. The molecular weight excluding hydrogens is 246 g/mol. The van der Waals surface area contributed by atoms with Crippen LogP contribution < -0.4 is 9.47 Å². The molecule has 0 aliphatic carbocycles. The fourth-order valence-electron chi connectivity index (χ4n) is 2.10. The topological polar surface area (TPSA) is 59.0 Å². The first kappa shape index (κ1) is 13.7. The van der Waals surface area contributed by atoms with Gasteiger partial charge in [-0.15, -0.1) is 0 Å². The van der Waals surface area contributed by atoms with Gasteiger partial charge < -0.3 is 19.5 Å². The Morgan fingerprint density at radius 3 is 2.32 bits per heavy atom. The number of hydrogen-bond acceptors (Lipinski definition) is 4. The minimum Gasteiger partial charge on any atom is -0.497 e. The molecule has 1 heterocycles. The predicted octanol–water partition coefficient (Wildman–Crippen LogP) is 1.06. The average Bonchev–Trinajstić information content (AvgIpc) is 2.35. The molecule has 2 rings (SSSR count). The van der Waals surface area contributed by atoms with Gasteiger partial charge in [0.1, 0.15) is 11.5 Å². The number of amides is 1. The lowest BCUT2D eigenvalue weighted by Gasteiger charge is -2.44. The van der Waals surface area contributed by atoms with Crippen molar-refractivity contribution in [2.75, 3.05) is 20.2 Å². The van der Waals surface area contributed by atoms with E-state index in [1.165, 1.54) is 0 Å². The summed E-state index contributed by atoms with van der Waals surface area (Å²) in [6.45, 7) is 4.15. The second-order valence-corrected chi connectivity index (χ2v) is 5.13. The van der Waals surface area contributed by atoms with Gasteiger partial charge in [-0.05, 0) is 38.1 Å². The molecule has 19 heavy (non-hydrogen) atoms. The van der Waals surface area contributed by atoms with Gasteiger partial charge >= 0.3 is 0 Å². The van der Waals surface area contributed by atoms with Crippen LogP contribution >= 0.6 is 0 Å². The van der Waals surface area contributed by atoms with Crippen LogP contribution in [0.15, 0.2) is 24.3 Å². The largest absolute Gasteiger partial charge is 0.497 e. The van der Waals surface area contributed by atoms with Crippen LogP contribution in [-0.4, -0.2) is 47.8 Å². The summed E-state index contributed by atoms with van der Waals surface area (Å²) in [7, 11) is 1.60. The van der Waals surface area contributed by atoms with Crippen LogP contribution in [0.25, 0.3) is 0 Å². The molecule has 1 atom stereocenters. The summed E-state index contributed by atoms with van der Waals surface area (Å²) >= 11 is 0. The van der Waals surface area contributed by atoms with Crippen LogP contribution in [0.1, 0.15) is 13.8 Å². The maximum atomic E-state index is 12.0. The SMILES string of the molecule is COc1ccc(OC(C)C(=O)N2CC(C)(O)C2)cc1. The molecule has 5 nitrogen and oxygen atoms in total. The van der Waals surface area contributed by atoms with Crippen molar-refractivity contribution in [3.8, 4) is 11.5 Å². The number of rotatable bonds is 4. The third-order valence-corrected chi connectivity index (χ3v) is 3.09. The normalized spacial score (nSPS) is 18.4. The van der Waals surface area contributed by atoms with E-state index in [2.05, 4.69) is 0 Å². The second-order valence-electron chi connectivity index (χ2n) is 5.13. The number of benzene rings is 1. The van der Waals surface area contributed by atoms with E-state index in [4.69, 9.17) is 9.47 Å². The number of hydrogen-bond donors (Lipinski definition) is 1. The third kappa shape index (κ3) is 3.17. The highest BCUT2D eigenvalue weighted by Gasteiger charge is 2.41. The fraction of sp³-hybridized carbons (Fsp3) is 0.500. The van der Waals surface area contributed by atoms with Crippen LogP contribution in [0.2, 0.25) is 0 Å². The zero-order chi connectivity index (χ0) is 14.0. The van der Waals surface area contributed by atoms with Gasteiger partial charge in [-0.1, -0.05) is 0 Å². The van der Waals surface area contributed by atoms with Gasteiger partial charge in [-0.25, -0.2) is 0 Å². The first-order chi connectivity index (χ1) is 8.91. The fourth-order valence-corrected chi connectivity index (χ4v) is 2.10. The lowest BCUT2D eigenvalue weighted by atomic mass is 9.96. The number of carbonyl (C=O) groups excluding carboxylic acids is 1. The zero-order valence-corrected chi connectivity index (χ0v) is 11.4. The molecule has 0 spiro atoms. The van der Waals surface area contributed by atoms with Crippen molar-refractivity contribution in [1.29, 1.82) is 0 Å². The van der Waals surface area contributed by atoms with E-state index in [1.54, 1.807) is 50.1 Å². The monoisotopic (exact) mass is 265 g/mol. The molecule has 1 amide bonds. The quantitative estimate of drug-likeness (QED) is 0.884. The highest BCUT2D eigenvalue weighted by molar-refractivity contribution is 5.82. The lowest BCUT2D eigenvalue weighted by molar-refractivity contribution is -0.158. The van der Waals surface area contributed by atoms with Crippen molar-refractivity contribution >= 4 is 5.91 Å². The van der Waals surface area contributed by atoms with Crippen molar-refractivity contribution in [2.24, 2.45) is 0 Å². The van der Waals surface area contributed by atoms with E-state index in [-0.39, 0.29) is 5.91 Å². The van der Waals surface area contributed by atoms with Gasteiger partial charge in [0, 0.05) is 0 Å². The van der Waals surface area contributed by atoms with Crippen LogP contribution in [0.3, 0.4) is 0 Å². The van der Waals surface area contributed by atoms with Gasteiger partial charge in [0.25, 0.3) is 5.91 Å². The zero-order valence-electron chi connectivity index (χ0n) is 11.4. The van der Waals surface area contributed by atoms with Crippen LogP contribution in [0.4, 0.5) is 0 Å². The standard InChI is InChI=1S/C14H19NO4/c1-10(13(16)15-8-14(2,17)9-15)19-12-6-4-11(18-3)5-7-12/h4-7,10,17H,8-9H2,1-3H3. The van der Waals surface area contributed by atoms with Crippen LogP contribution in [0, 0.1) is 0 Å². The van der Waals surface area contributed by atoms with Gasteiger partial charge in [0.05, 0.1) is 25.8 Å². The van der Waals surface area contributed by atoms with E-state index in [0.717, 1.165) is 5.75 Å². The molecule has 5 heteroatoms. The Labute approximate surface area is 112 Å². The van der Waals surface area contributed by atoms with Gasteiger partial charge in [-0.3, -0.25) is 4.79 Å². The first-order valence-electron chi connectivity index (χ1n) is 6.23. The molecule has 0 saturated carbocycles. The Morgan fingerprint density at radius 1 is 1.32 bits per heavy atom. The molecular formula is C14H19NO4. The smallest absolute Gasteiger partial charge is 0.263 e. The van der Waals surface area contributed by atoms with Gasteiger partial charge in [-0.2, -0.15) is 0 Å². The Balaban J connectivity index is 1.89. The van der Waals surface area contributed by atoms with Crippen molar-refractivity contribution < 1.29 is 19.4 Å². The first-order valence-corrected chi connectivity index (χ1v) is 6.23. The van der Waals surface area contributed by atoms with Crippen LogP contribution in [0.5, 0.6) is 11.5 Å². The summed E-state index contributed by atoms with van der Waals surface area (Å²) < 4.78 is 10.6. The maximum absolute atomic E-state index is 12.0. The Hall–Kier alpha value is -1.75. The molecule has 1 N–H and O–H groups in total. The van der Waals surface area contributed by atoms with E-state index in [1.807, 2.05) is 0 Å². The molecule has 0 radical (unpaired) electrons. The minimum absolute atomic E-state index is 0.109. The summed E-state index contributed by atoms with van der Waals surface area (Å²) in [4.78, 5) is 13.6. The molecule has 0 aromatic heterocycles. The Kier molecular flexibility index (Phi) is 3.66. The van der Waals surface area contributed by atoms with E-state index < -0.39 is 11.7 Å². The van der Waals surface area contributed by atoms with Crippen molar-refractivity contribution in [1.82, 2.24) is 4.90 Å². The molecule has 1 aromatic rings. The molecule has 1 aliphatic heterocycles. The number of nitrogens with zero attached hydrogens (tertiary/aromatic N) is 1. The van der Waals surface area contributed by atoms with E-state index in [9.17, 15) is 9.90 Å². The third-order valence-electron chi connectivity index (χ3n) is 3.09.